The zero-order valence-electron chi connectivity index (χ0n) is 11.3. The van der Waals surface area contributed by atoms with Gasteiger partial charge in [-0.1, -0.05) is 31.9 Å². The molecule has 0 spiro atoms. The van der Waals surface area contributed by atoms with Crippen molar-refractivity contribution in [2.75, 3.05) is 7.11 Å². The number of rotatable bonds is 4. The van der Waals surface area contributed by atoms with E-state index in [0.717, 1.165) is 12.2 Å². The summed E-state index contributed by atoms with van der Waals surface area (Å²) in [6.07, 6.45) is 5.12. The molecule has 0 atom stereocenters. The number of methoxy groups -OCH3 is 1. The van der Waals surface area contributed by atoms with Gasteiger partial charge in [0, 0.05) is 6.54 Å². The Morgan fingerprint density at radius 1 is 1.44 bits per heavy atom. The van der Waals surface area contributed by atoms with Crippen molar-refractivity contribution in [1.82, 2.24) is 15.0 Å². The highest BCUT2D eigenvalue weighted by Gasteiger charge is 2.25. The second kappa shape index (κ2) is 5.50. The van der Waals surface area contributed by atoms with Gasteiger partial charge < -0.3 is 4.74 Å². The molecule has 0 unspecified atom stereocenters. The molecule has 100 valence electrons. The maximum absolute atomic E-state index is 11.7. The van der Waals surface area contributed by atoms with Gasteiger partial charge in [-0.25, -0.2) is 9.48 Å². The van der Waals surface area contributed by atoms with Crippen LogP contribution in [0, 0.1) is 5.92 Å². The molecule has 2 rings (SSSR count). The lowest BCUT2D eigenvalue weighted by Crippen LogP contribution is -2.15. The van der Waals surface area contributed by atoms with Crippen molar-refractivity contribution in [2.45, 2.75) is 52.0 Å². The van der Waals surface area contributed by atoms with Crippen molar-refractivity contribution in [3.8, 4) is 0 Å². The van der Waals surface area contributed by atoms with Crippen molar-refractivity contribution in [2.24, 2.45) is 5.92 Å². The predicted octanol–water partition coefficient (Wildman–Crippen LogP) is 2.38. The second-order valence-corrected chi connectivity index (χ2v) is 5.30. The topological polar surface area (TPSA) is 57.0 Å². The van der Waals surface area contributed by atoms with E-state index in [4.69, 9.17) is 4.74 Å². The van der Waals surface area contributed by atoms with Crippen LogP contribution in [0.3, 0.4) is 0 Å². The summed E-state index contributed by atoms with van der Waals surface area (Å²) < 4.78 is 6.65. The molecule has 1 aromatic rings. The van der Waals surface area contributed by atoms with Crippen LogP contribution >= 0.6 is 0 Å². The molecule has 5 nitrogen and oxygen atoms in total. The largest absolute Gasteiger partial charge is 0.464 e. The lowest BCUT2D eigenvalue weighted by Gasteiger charge is -2.13. The summed E-state index contributed by atoms with van der Waals surface area (Å²) in [7, 11) is 1.38. The quantitative estimate of drug-likeness (QED) is 0.771. The van der Waals surface area contributed by atoms with E-state index in [9.17, 15) is 4.79 Å². The van der Waals surface area contributed by atoms with Gasteiger partial charge in [0.2, 0.25) is 0 Å². The SMILES string of the molecule is COC(=O)c1nnn(CC2CCCC2)c1C(C)C. The number of hydrogen-bond donors (Lipinski definition) is 0. The average Bonchev–Trinajstić information content (AvgIpc) is 2.97. The lowest BCUT2D eigenvalue weighted by molar-refractivity contribution is 0.0592. The minimum Gasteiger partial charge on any atom is -0.464 e. The molecule has 0 bridgehead atoms. The monoisotopic (exact) mass is 251 g/mol. The number of aromatic nitrogens is 3. The third kappa shape index (κ3) is 2.54. The molecule has 1 aromatic heterocycles. The van der Waals surface area contributed by atoms with Crippen LogP contribution in [-0.2, 0) is 11.3 Å². The third-order valence-electron chi connectivity index (χ3n) is 3.60. The van der Waals surface area contributed by atoms with Crippen molar-refractivity contribution in [3.63, 3.8) is 0 Å². The standard InChI is InChI=1S/C13H21N3O2/c1-9(2)12-11(13(17)18-3)14-15-16(12)8-10-6-4-5-7-10/h9-10H,4-8H2,1-3H3. The first kappa shape index (κ1) is 13.1. The first-order chi connectivity index (χ1) is 8.63. The van der Waals surface area contributed by atoms with E-state index in [0.29, 0.717) is 11.6 Å². The molecular formula is C13H21N3O2. The molecule has 0 N–H and O–H groups in total. The summed E-state index contributed by atoms with van der Waals surface area (Å²) in [4.78, 5) is 11.7. The maximum Gasteiger partial charge on any atom is 0.360 e. The van der Waals surface area contributed by atoms with E-state index >= 15 is 0 Å². The Morgan fingerprint density at radius 3 is 2.67 bits per heavy atom. The van der Waals surface area contributed by atoms with Gasteiger partial charge in [0.25, 0.3) is 0 Å². The fourth-order valence-electron chi connectivity index (χ4n) is 2.71. The summed E-state index contributed by atoms with van der Waals surface area (Å²) >= 11 is 0. The smallest absolute Gasteiger partial charge is 0.360 e. The minimum absolute atomic E-state index is 0.218. The van der Waals surface area contributed by atoms with E-state index < -0.39 is 5.97 Å². The average molecular weight is 251 g/mol. The lowest BCUT2D eigenvalue weighted by atomic mass is 10.1. The molecule has 1 fully saturated rings. The van der Waals surface area contributed by atoms with Gasteiger partial charge in [-0.2, -0.15) is 0 Å². The van der Waals surface area contributed by atoms with E-state index in [2.05, 4.69) is 24.2 Å². The molecule has 0 radical (unpaired) electrons. The number of esters is 1. The Bertz CT molecular complexity index is 420. The van der Waals surface area contributed by atoms with Crippen LogP contribution < -0.4 is 0 Å². The van der Waals surface area contributed by atoms with Crippen molar-refractivity contribution < 1.29 is 9.53 Å². The van der Waals surface area contributed by atoms with E-state index in [-0.39, 0.29) is 5.92 Å². The highest BCUT2D eigenvalue weighted by Crippen LogP contribution is 2.28. The number of ether oxygens (including phenoxy) is 1. The Kier molecular flexibility index (Phi) is 3.99. The zero-order chi connectivity index (χ0) is 13.1. The van der Waals surface area contributed by atoms with Gasteiger partial charge in [0.15, 0.2) is 5.69 Å². The zero-order valence-corrected chi connectivity index (χ0v) is 11.3. The second-order valence-electron chi connectivity index (χ2n) is 5.30. The summed E-state index contributed by atoms with van der Waals surface area (Å²) in [6, 6.07) is 0. The van der Waals surface area contributed by atoms with Gasteiger partial charge >= 0.3 is 5.97 Å². The number of carbonyl (C=O) groups excluding carboxylic acids is 1. The van der Waals surface area contributed by atoms with Gasteiger partial charge in [0.1, 0.15) is 0 Å². The van der Waals surface area contributed by atoms with Crippen LogP contribution in [-0.4, -0.2) is 28.1 Å². The maximum atomic E-state index is 11.7. The van der Waals surface area contributed by atoms with E-state index in [1.54, 1.807) is 0 Å². The molecule has 1 heterocycles. The number of hydrogen-bond acceptors (Lipinski definition) is 4. The molecule has 5 heteroatoms. The Balaban J connectivity index is 2.23. The highest BCUT2D eigenvalue weighted by atomic mass is 16.5. The Hall–Kier alpha value is -1.39. The van der Waals surface area contributed by atoms with Gasteiger partial charge in [-0.3, -0.25) is 0 Å². The van der Waals surface area contributed by atoms with E-state index in [1.807, 2.05) is 4.68 Å². The van der Waals surface area contributed by atoms with Crippen LogP contribution in [0.15, 0.2) is 0 Å². The van der Waals surface area contributed by atoms with Crippen molar-refractivity contribution in [1.29, 1.82) is 0 Å². The van der Waals surface area contributed by atoms with Crippen LogP contribution in [0.5, 0.6) is 0 Å². The third-order valence-corrected chi connectivity index (χ3v) is 3.60. The van der Waals surface area contributed by atoms with Gasteiger partial charge in [0.05, 0.1) is 12.8 Å². The molecule has 1 aliphatic carbocycles. The van der Waals surface area contributed by atoms with Crippen LogP contribution in [0.1, 0.15) is 61.6 Å². The normalized spacial score (nSPS) is 16.4. The molecule has 0 saturated heterocycles. The Labute approximate surface area is 108 Å². The fraction of sp³-hybridized carbons (Fsp3) is 0.769. The van der Waals surface area contributed by atoms with Crippen molar-refractivity contribution >= 4 is 5.97 Å². The summed E-state index contributed by atoms with van der Waals surface area (Å²) in [5, 5.41) is 8.12. The van der Waals surface area contributed by atoms with Crippen LogP contribution in [0.25, 0.3) is 0 Å². The fourth-order valence-corrected chi connectivity index (χ4v) is 2.71. The summed E-state index contributed by atoms with van der Waals surface area (Å²) in [5.41, 5.74) is 1.26. The van der Waals surface area contributed by atoms with Crippen LogP contribution in [0.2, 0.25) is 0 Å². The predicted molar refractivity (Wildman–Crippen MR) is 67.4 cm³/mol. The first-order valence-corrected chi connectivity index (χ1v) is 6.65. The van der Waals surface area contributed by atoms with Crippen LogP contribution in [0.4, 0.5) is 0 Å². The van der Waals surface area contributed by atoms with Gasteiger partial charge in [-0.05, 0) is 24.7 Å². The molecule has 0 aliphatic heterocycles. The number of carbonyl (C=O) groups is 1. The minimum atomic E-state index is -0.392. The van der Waals surface area contributed by atoms with E-state index in [1.165, 1.54) is 32.8 Å². The molecular weight excluding hydrogens is 230 g/mol. The molecule has 1 aliphatic rings. The molecule has 0 amide bonds. The first-order valence-electron chi connectivity index (χ1n) is 6.65. The van der Waals surface area contributed by atoms with Gasteiger partial charge in [-0.15, -0.1) is 5.10 Å². The molecule has 18 heavy (non-hydrogen) atoms. The summed E-state index contributed by atoms with van der Waals surface area (Å²) in [6.45, 7) is 4.98. The Morgan fingerprint density at radius 2 is 2.11 bits per heavy atom. The number of nitrogens with zero attached hydrogens (tertiary/aromatic N) is 3. The molecule has 1 saturated carbocycles. The summed E-state index contributed by atoms with van der Waals surface area (Å²) in [5.74, 6) is 0.501. The highest BCUT2D eigenvalue weighted by molar-refractivity contribution is 5.88. The molecule has 0 aromatic carbocycles. The van der Waals surface area contributed by atoms with Crippen molar-refractivity contribution in [3.05, 3.63) is 11.4 Å².